The molecule has 3 nitrogen and oxygen atoms in total. The second-order valence-electron chi connectivity index (χ2n) is 8.86. The molecule has 0 bridgehead atoms. The molecule has 0 aliphatic heterocycles. The Kier molecular flexibility index (Phi) is 7.17. The maximum Gasteiger partial charge on any atom is 0.267 e. The SMILES string of the molecule is CC(C)CC(c1ccc(OC(Oc2ccccc2)c2ccccc2)cc1)C(C)(C)N. The molecule has 0 aromatic heterocycles. The van der Waals surface area contributed by atoms with Crippen molar-refractivity contribution in [1.82, 2.24) is 0 Å². The van der Waals surface area contributed by atoms with Gasteiger partial charge in [0.05, 0.1) is 0 Å². The van der Waals surface area contributed by atoms with Crippen molar-refractivity contribution in [3.05, 3.63) is 96.1 Å². The van der Waals surface area contributed by atoms with Crippen molar-refractivity contribution in [3.8, 4) is 11.5 Å². The third-order valence-electron chi connectivity index (χ3n) is 5.19. The third kappa shape index (κ3) is 6.11. The van der Waals surface area contributed by atoms with Crippen LogP contribution >= 0.6 is 0 Å². The van der Waals surface area contributed by atoms with Crippen LogP contribution in [-0.2, 0) is 0 Å². The van der Waals surface area contributed by atoms with E-state index in [-0.39, 0.29) is 11.5 Å². The highest BCUT2D eigenvalue weighted by Gasteiger charge is 2.27. The standard InChI is InChI=1S/C27H33NO2/c1-20(2)19-25(27(3,4)28)21-15-17-24(18-16-21)30-26(22-11-7-5-8-12-22)29-23-13-9-6-10-14-23/h5-18,20,25-26H,19,28H2,1-4H3. The Labute approximate surface area is 180 Å². The van der Waals surface area contributed by atoms with Crippen LogP contribution in [0.4, 0.5) is 0 Å². The molecule has 0 fully saturated rings. The van der Waals surface area contributed by atoms with Gasteiger partial charge < -0.3 is 15.2 Å². The second kappa shape index (κ2) is 9.82. The molecule has 2 N–H and O–H groups in total. The van der Waals surface area contributed by atoms with Crippen molar-refractivity contribution in [1.29, 1.82) is 0 Å². The fraction of sp³-hybridized carbons (Fsp3) is 0.333. The molecule has 0 aliphatic rings. The average molecular weight is 404 g/mol. The third-order valence-corrected chi connectivity index (χ3v) is 5.19. The lowest BCUT2D eigenvalue weighted by molar-refractivity contribution is 0.00379. The summed E-state index contributed by atoms with van der Waals surface area (Å²) in [6, 6.07) is 28.0. The van der Waals surface area contributed by atoms with E-state index in [2.05, 4.69) is 39.8 Å². The fourth-order valence-electron chi connectivity index (χ4n) is 3.64. The van der Waals surface area contributed by atoms with Crippen LogP contribution in [0.3, 0.4) is 0 Å². The zero-order valence-corrected chi connectivity index (χ0v) is 18.4. The van der Waals surface area contributed by atoms with Gasteiger partial charge in [0.25, 0.3) is 6.29 Å². The first kappa shape index (κ1) is 21.9. The van der Waals surface area contributed by atoms with Gasteiger partial charge in [0, 0.05) is 17.0 Å². The van der Waals surface area contributed by atoms with Gasteiger partial charge >= 0.3 is 0 Å². The van der Waals surface area contributed by atoms with E-state index in [1.807, 2.05) is 72.8 Å². The summed E-state index contributed by atoms with van der Waals surface area (Å²) in [4.78, 5) is 0. The largest absolute Gasteiger partial charge is 0.451 e. The van der Waals surface area contributed by atoms with Gasteiger partial charge in [-0.15, -0.1) is 0 Å². The van der Waals surface area contributed by atoms with Gasteiger partial charge in [0.2, 0.25) is 0 Å². The maximum atomic E-state index is 6.49. The van der Waals surface area contributed by atoms with Crippen molar-refractivity contribution >= 4 is 0 Å². The molecular weight excluding hydrogens is 370 g/mol. The summed E-state index contributed by atoms with van der Waals surface area (Å²) in [5.74, 6) is 2.40. The van der Waals surface area contributed by atoms with Crippen LogP contribution in [0.1, 0.15) is 57.5 Å². The van der Waals surface area contributed by atoms with Crippen molar-refractivity contribution in [2.24, 2.45) is 11.7 Å². The molecule has 0 spiro atoms. The van der Waals surface area contributed by atoms with E-state index in [0.717, 1.165) is 23.5 Å². The lowest BCUT2D eigenvalue weighted by Gasteiger charge is -2.32. The molecule has 3 aromatic rings. The molecule has 3 heteroatoms. The van der Waals surface area contributed by atoms with Crippen LogP contribution in [-0.4, -0.2) is 5.54 Å². The van der Waals surface area contributed by atoms with Crippen molar-refractivity contribution in [2.75, 3.05) is 0 Å². The first-order chi connectivity index (χ1) is 14.3. The molecule has 3 rings (SSSR count). The molecule has 2 unspecified atom stereocenters. The minimum Gasteiger partial charge on any atom is -0.451 e. The number of nitrogens with two attached hydrogens (primary N) is 1. The summed E-state index contributed by atoms with van der Waals surface area (Å²) >= 11 is 0. The van der Waals surface area contributed by atoms with Gasteiger partial charge in [-0.1, -0.05) is 74.5 Å². The number of benzene rings is 3. The monoisotopic (exact) mass is 403 g/mol. The summed E-state index contributed by atoms with van der Waals surface area (Å²) < 4.78 is 12.4. The number of hydrogen-bond acceptors (Lipinski definition) is 3. The lowest BCUT2D eigenvalue weighted by Crippen LogP contribution is -2.39. The summed E-state index contributed by atoms with van der Waals surface area (Å²) in [6.07, 6.45) is 0.518. The van der Waals surface area contributed by atoms with Gasteiger partial charge in [0.15, 0.2) is 0 Å². The van der Waals surface area contributed by atoms with Crippen LogP contribution in [0.25, 0.3) is 0 Å². The van der Waals surface area contributed by atoms with Gasteiger partial charge in [-0.3, -0.25) is 0 Å². The molecule has 30 heavy (non-hydrogen) atoms. The maximum absolute atomic E-state index is 6.49. The van der Waals surface area contributed by atoms with Gasteiger partial charge in [-0.05, 0) is 56.0 Å². The Morgan fingerprint density at radius 1 is 0.700 bits per heavy atom. The molecule has 0 saturated heterocycles. The predicted molar refractivity (Wildman–Crippen MR) is 124 cm³/mol. The molecule has 0 aliphatic carbocycles. The zero-order chi connectivity index (χ0) is 21.6. The van der Waals surface area contributed by atoms with Crippen LogP contribution in [0.15, 0.2) is 84.9 Å². The van der Waals surface area contributed by atoms with E-state index in [1.165, 1.54) is 5.56 Å². The fourth-order valence-corrected chi connectivity index (χ4v) is 3.64. The van der Waals surface area contributed by atoms with E-state index >= 15 is 0 Å². The first-order valence-electron chi connectivity index (χ1n) is 10.6. The summed E-state index contributed by atoms with van der Waals surface area (Å²) in [6.45, 7) is 8.68. The minimum absolute atomic E-state index is 0.282. The van der Waals surface area contributed by atoms with E-state index in [1.54, 1.807) is 0 Å². The highest BCUT2D eigenvalue weighted by molar-refractivity contribution is 5.32. The number of rotatable bonds is 9. The zero-order valence-electron chi connectivity index (χ0n) is 18.4. The summed E-state index contributed by atoms with van der Waals surface area (Å²) in [5, 5.41) is 0. The molecule has 0 amide bonds. The van der Waals surface area contributed by atoms with E-state index in [0.29, 0.717) is 5.92 Å². The molecule has 0 saturated carbocycles. The van der Waals surface area contributed by atoms with Crippen molar-refractivity contribution < 1.29 is 9.47 Å². The topological polar surface area (TPSA) is 44.5 Å². The quantitative estimate of drug-likeness (QED) is 0.404. The molecule has 0 heterocycles. The predicted octanol–water partition coefficient (Wildman–Crippen LogP) is 6.71. The number of hydrogen-bond donors (Lipinski definition) is 1. The Balaban J connectivity index is 1.81. The molecule has 0 radical (unpaired) electrons. The summed E-state index contributed by atoms with van der Waals surface area (Å²) in [5.41, 5.74) is 8.41. The Hall–Kier alpha value is -2.78. The van der Waals surface area contributed by atoms with Crippen molar-refractivity contribution in [3.63, 3.8) is 0 Å². The second-order valence-corrected chi connectivity index (χ2v) is 8.86. The van der Waals surface area contributed by atoms with E-state index in [9.17, 15) is 0 Å². The number of para-hydroxylation sites is 1. The van der Waals surface area contributed by atoms with Gasteiger partial charge in [0.1, 0.15) is 11.5 Å². The Morgan fingerprint density at radius 2 is 1.20 bits per heavy atom. The Bertz CT molecular complexity index is 884. The average Bonchev–Trinajstić information content (AvgIpc) is 2.73. The first-order valence-corrected chi connectivity index (χ1v) is 10.6. The molecule has 158 valence electrons. The van der Waals surface area contributed by atoms with Gasteiger partial charge in [-0.2, -0.15) is 0 Å². The van der Waals surface area contributed by atoms with E-state index in [4.69, 9.17) is 15.2 Å². The van der Waals surface area contributed by atoms with Gasteiger partial charge in [-0.25, -0.2) is 0 Å². The number of ether oxygens (including phenoxy) is 2. The van der Waals surface area contributed by atoms with Crippen LogP contribution in [0.2, 0.25) is 0 Å². The van der Waals surface area contributed by atoms with Crippen LogP contribution in [0, 0.1) is 5.92 Å². The van der Waals surface area contributed by atoms with Crippen molar-refractivity contribution in [2.45, 2.75) is 51.9 Å². The highest BCUT2D eigenvalue weighted by atomic mass is 16.7. The van der Waals surface area contributed by atoms with Crippen LogP contribution < -0.4 is 15.2 Å². The highest BCUT2D eigenvalue weighted by Crippen LogP contribution is 2.34. The lowest BCUT2D eigenvalue weighted by atomic mass is 9.77. The minimum atomic E-state index is -0.531. The molecule has 2 atom stereocenters. The molecule has 3 aromatic carbocycles. The normalized spacial score (nSPS) is 13.7. The van der Waals surface area contributed by atoms with Crippen LogP contribution in [0.5, 0.6) is 11.5 Å². The van der Waals surface area contributed by atoms with E-state index < -0.39 is 6.29 Å². The smallest absolute Gasteiger partial charge is 0.267 e. The summed E-state index contributed by atoms with van der Waals surface area (Å²) in [7, 11) is 0. The Morgan fingerprint density at radius 3 is 1.70 bits per heavy atom. The molecular formula is C27H33NO2.